The smallest absolute Gasteiger partial charge is 0.194 e. The average molecular weight is 427 g/mol. The molecule has 0 amide bonds. The Kier molecular flexibility index (Phi) is 7.07. The summed E-state index contributed by atoms with van der Waals surface area (Å²) in [7, 11) is 7.02. The summed E-state index contributed by atoms with van der Waals surface area (Å²) in [6.45, 7) is 3.32. The molecule has 6 nitrogen and oxygen atoms in total. The van der Waals surface area contributed by atoms with Crippen LogP contribution in [0.15, 0.2) is 27.0 Å². The molecule has 0 spiro atoms. The second-order valence-corrected chi connectivity index (χ2v) is 7.33. The third-order valence-corrected chi connectivity index (χ3v) is 5.19. The van der Waals surface area contributed by atoms with Gasteiger partial charge in [0.25, 0.3) is 0 Å². The predicted molar refractivity (Wildman–Crippen MR) is 106 cm³/mol. The molecule has 0 saturated heterocycles. The van der Waals surface area contributed by atoms with Gasteiger partial charge in [0.05, 0.1) is 31.5 Å². The summed E-state index contributed by atoms with van der Waals surface area (Å²) in [6.07, 6.45) is 0. The normalized spacial score (nSPS) is 11.4. The number of hydrogen-bond acceptors (Lipinski definition) is 5. The number of ether oxygens (including phenoxy) is 2. The topological polar surface area (TPSA) is 59.0 Å². The molecule has 136 valence electrons. The molecule has 0 radical (unpaired) electrons. The van der Waals surface area contributed by atoms with E-state index in [0.717, 1.165) is 26.7 Å². The second-order valence-electron chi connectivity index (χ2n) is 5.41. The van der Waals surface area contributed by atoms with Crippen molar-refractivity contribution in [2.45, 2.75) is 20.0 Å². The quantitative estimate of drug-likeness (QED) is 0.566. The molecule has 0 bridgehead atoms. The highest BCUT2D eigenvalue weighted by atomic mass is 79.9. The molecule has 0 aliphatic carbocycles. The van der Waals surface area contributed by atoms with Crippen molar-refractivity contribution in [3.63, 3.8) is 0 Å². The van der Waals surface area contributed by atoms with Crippen LogP contribution in [-0.2, 0) is 13.1 Å². The van der Waals surface area contributed by atoms with E-state index in [1.807, 2.05) is 31.0 Å². The standard InChI is InChI=1S/C17H23BrN4O2S/c1-11-21-13(10-25-11)9-22(3)17(19-2)20-8-12-6-15(23-4)16(24-5)7-14(12)18/h6-7,10H,8-9H2,1-5H3,(H,19,20). The Morgan fingerprint density at radius 3 is 2.56 bits per heavy atom. The van der Waals surface area contributed by atoms with Crippen molar-refractivity contribution < 1.29 is 9.47 Å². The van der Waals surface area contributed by atoms with Crippen molar-refractivity contribution in [1.29, 1.82) is 0 Å². The van der Waals surface area contributed by atoms with E-state index in [4.69, 9.17) is 9.47 Å². The fraction of sp³-hybridized carbons (Fsp3) is 0.412. The fourth-order valence-corrected chi connectivity index (χ4v) is 3.46. The van der Waals surface area contributed by atoms with E-state index in [2.05, 4.69) is 36.6 Å². The van der Waals surface area contributed by atoms with Crippen LogP contribution in [0.3, 0.4) is 0 Å². The summed E-state index contributed by atoms with van der Waals surface area (Å²) in [5.74, 6) is 2.19. The highest BCUT2D eigenvalue weighted by Gasteiger charge is 2.12. The maximum absolute atomic E-state index is 5.37. The third kappa shape index (κ3) is 5.09. The van der Waals surface area contributed by atoms with E-state index in [-0.39, 0.29) is 0 Å². The molecule has 0 fully saturated rings. The first kappa shape index (κ1) is 19.5. The largest absolute Gasteiger partial charge is 0.493 e. The van der Waals surface area contributed by atoms with Crippen molar-refractivity contribution in [3.8, 4) is 11.5 Å². The molecule has 1 N–H and O–H groups in total. The Balaban J connectivity index is 2.05. The lowest BCUT2D eigenvalue weighted by molar-refractivity contribution is 0.354. The van der Waals surface area contributed by atoms with Gasteiger partial charge >= 0.3 is 0 Å². The number of aromatic nitrogens is 1. The van der Waals surface area contributed by atoms with Gasteiger partial charge in [0.15, 0.2) is 17.5 Å². The van der Waals surface area contributed by atoms with Gasteiger partial charge in [-0.15, -0.1) is 11.3 Å². The Hall–Kier alpha value is -1.80. The number of halogens is 1. The van der Waals surface area contributed by atoms with E-state index in [1.54, 1.807) is 32.6 Å². The third-order valence-electron chi connectivity index (χ3n) is 3.63. The number of hydrogen-bond donors (Lipinski definition) is 1. The van der Waals surface area contributed by atoms with Gasteiger partial charge < -0.3 is 19.7 Å². The Morgan fingerprint density at radius 2 is 2.00 bits per heavy atom. The summed E-state index contributed by atoms with van der Waals surface area (Å²) < 4.78 is 11.6. The molecule has 0 saturated carbocycles. The summed E-state index contributed by atoms with van der Waals surface area (Å²) in [4.78, 5) is 10.9. The summed E-state index contributed by atoms with van der Waals surface area (Å²) in [6, 6.07) is 3.85. The monoisotopic (exact) mass is 426 g/mol. The van der Waals surface area contributed by atoms with Gasteiger partial charge in [0.2, 0.25) is 0 Å². The van der Waals surface area contributed by atoms with Gasteiger partial charge in [-0.3, -0.25) is 4.99 Å². The van der Waals surface area contributed by atoms with Gasteiger partial charge in [-0.2, -0.15) is 0 Å². The number of nitrogens with one attached hydrogen (secondary N) is 1. The van der Waals surface area contributed by atoms with E-state index in [1.165, 1.54) is 0 Å². The van der Waals surface area contributed by atoms with Crippen molar-refractivity contribution in [1.82, 2.24) is 15.2 Å². The number of benzene rings is 1. The molecule has 1 aromatic heterocycles. The Labute approximate surface area is 161 Å². The van der Waals surface area contributed by atoms with E-state index >= 15 is 0 Å². The lowest BCUT2D eigenvalue weighted by Gasteiger charge is -2.22. The fourth-order valence-electron chi connectivity index (χ4n) is 2.39. The minimum atomic E-state index is 0.605. The molecule has 0 atom stereocenters. The first-order valence-corrected chi connectivity index (χ1v) is 9.39. The first-order valence-electron chi connectivity index (χ1n) is 7.71. The lowest BCUT2D eigenvalue weighted by Crippen LogP contribution is -2.38. The van der Waals surface area contributed by atoms with Crippen molar-refractivity contribution in [2.75, 3.05) is 28.3 Å². The van der Waals surface area contributed by atoms with Crippen LogP contribution < -0.4 is 14.8 Å². The van der Waals surface area contributed by atoms with Crippen LogP contribution in [0.25, 0.3) is 0 Å². The van der Waals surface area contributed by atoms with E-state index in [9.17, 15) is 0 Å². The number of thiazole rings is 1. The van der Waals surface area contributed by atoms with Crippen molar-refractivity contribution in [3.05, 3.63) is 38.3 Å². The maximum atomic E-state index is 5.37. The average Bonchev–Trinajstić information content (AvgIpc) is 3.00. The minimum Gasteiger partial charge on any atom is -0.493 e. The van der Waals surface area contributed by atoms with Crippen molar-refractivity contribution >= 4 is 33.2 Å². The van der Waals surface area contributed by atoms with Gasteiger partial charge in [-0.1, -0.05) is 15.9 Å². The molecule has 8 heteroatoms. The molecule has 25 heavy (non-hydrogen) atoms. The zero-order valence-corrected chi connectivity index (χ0v) is 17.5. The number of guanidine groups is 1. The molecule has 0 aliphatic rings. The van der Waals surface area contributed by atoms with Crippen molar-refractivity contribution in [2.24, 2.45) is 4.99 Å². The highest BCUT2D eigenvalue weighted by Crippen LogP contribution is 2.33. The first-order chi connectivity index (χ1) is 12.0. The van der Waals surface area contributed by atoms with Crippen LogP contribution in [-0.4, -0.2) is 44.2 Å². The molecular formula is C17H23BrN4O2S. The van der Waals surface area contributed by atoms with Crippen LogP contribution in [0.2, 0.25) is 0 Å². The summed E-state index contributed by atoms with van der Waals surface area (Å²) in [5.41, 5.74) is 2.09. The number of rotatable bonds is 6. The van der Waals surface area contributed by atoms with Gasteiger partial charge in [-0.05, 0) is 24.6 Å². The van der Waals surface area contributed by atoms with Gasteiger partial charge in [-0.25, -0.2) is 4.98 Å². The SMILES string of the molecule is CN=C(NCc1cc(OC)c(OC)cc1Br)N(C)Cc1csc(C)n1. The zero-order valence-electron chi connectivity index (χ0n) is 15.1. The number of methoxy groups -OCH3 is 2. The summed E-state index contributed by atoms with van der Waals surface area (Å²) in [5, 5.41) is 6.51. The highest BCUT2D eigenvalue weighted by molar-refractivity contribution is 9.10. The predicted octanol–water partition coefficient (Wildman–Crippen LogP) is 3.44. The molecule has 0 aliphatic heterocycles. The van der Waals surface area contributed by atoms with E-state index < -0.39 is 0 Å². The molecule has 1 aromatic carbocycles. The van der Waals surface area contributed by atoms with Crippen LogP contribution in [0.1, 0.15) is 16.3 Å². The van der Waals surface area contributed by atoms with Crippen LogP contribution in [0.4, 0.5) is 0 Å². The maximum Gasteiger partial charge on any atom is 0.194 e. The zero-order chi connectivity index (χ0) is 18.4. The molecule has 0 unspecified atom stereocenters. The number of aliphatic imine (C=N–C) groups is 1. The van der Waals surface area contributed by atoms with Crippen LogP contribution >= 0.6 is 27.3 Å². The number of nitrogens with zero attached hydrogens (tertiary/aromatic N) is 3. The van der Waals surface area contributed by atoms with E-state index in [0.29, 0.717) is 24.6 Å². The number of aryl methyl sites for hydroxylation is 1. The second kappa shape index (κ2) is 9.05. The molecule has 2 rings (SSSR count). The van der Waals surface area contributed by atoms with Crippen LogP contribution in [0.5, 0.6) is 11.5 Å². The Morgan fingerprint density at radius 1 is 1.32 bits per heavy atom. The minimum absolute atomic E-state index is 0.605. The molecular weight excluding hydrogens is 404 g/mol. The molecule has 2 aromatic rings. The van der Waals surface area contributed by atoms with Crippen LogP contribution in [0, 0.1) is 6.92 Å². The lowest BCUT2D eigenvalue weighted by atomic mass is 10.2. The molecule has 1 heterocycles. The van der Waals surface area contributed by atoms with Gasteiger partial charge in [0, 0.05) is 30.5 Å². The van der Waals surface area contributed by atoms with Gasteiger partial charge in [0.1, 0.15) is 0 Å². The summed E-state index contributed by atoms with van der Waals surface area (Å²) >= 11 is 5.23. The Bertz CT molecular complexity index is 748.